The summed E-state index contributed by atoms with van der Waals surface area (Å²) in [5, 5.41) is 16.6. The van der Waals surface area contributed by atoms with Crippen molar-refractivity contribution in [2.24, 2.45) is 0 Å². The zero-order chi connectivity index (χ0) is 8.81. The molecule has 0 amide bonds. The maximum atomic E-state index is 8.31. The van der Waals surface area contributed by atoms with Crippen LogP contribution in [0.15, 0.2) is 36.6 Å². The van der Waals surface area contributed by atoms with Crippen molar-refractivity contribution in [1.82, 2.24) is 0 Å². The fourth-order valence-electron chi connectivity index (χ4n) is 0.752. The van der Waals surface area contributed by atoms with Crippen molar-refractivity contribution in [2.75, 3.05) is 0 Å². The molecular weight excluding hydrogens is 162 g/mol. The number of benzene rings is 1. The average Bonchev–Trinajstić information content (AvgIpc) is 2.05. The number of hydrogen-bond donors (Lipinski definition) is 2. The third-order valence-corrected chi connectivity index (χ3v) is 1.26. The van der Waals surface area contributed by atoms with E-state index in [0.29, 0.717) is 0 Å². The minimum atomic E-state index is -1.75. The molecule has 0 saturated heterocycles. The van der Waals surface area contributed by atoms with Crippen LogP contribution in [0.2, 0.25) is 0 Å². The quantitative estimate of drug-likeness (QED) is 0.400. The van der Waals surface area contributed by atoms with Crippen molar-refractivity contribution in [2.45, 2.75) is 0 Å². The number of rotatable bonds is 3. The van der Waals surface area contributed by atoms with E-state index in [0.717, 1.165) is 5.56 Å². The van der Waals surface area contributed by atoms with E-state index >= 15 is 0 Å². The van der Waals surface area contributed by atoms with E-state index in [9.17, 15) is 0 Å². The summed E-state index contributed by atoms with van der Waals surface area (Å²) in [6.45, 7) is 0. The maximum absolute atomic E-state index is 8.31. The Morgan fingerprint density at radius 2 is 1.85 bits per heavy atom. The molecule has 0 bridgehead atoms. The average molecular weight is 172 g/mol. The van der Waals surface area contributed by atoms with Gasteiger partial charge in [-0.05, 0) is 11.6 Å². The monoisotopic (exact) mass is 172 g/mol. The fourth-order valence-corrected chi connectivity index (χ4v) is 0.752. The summed E-state index contributed by atoms with van der Waals surface area (Å²) >= 11 is 0. The third-order valence-electron chi connectivity index (χ3n) is 1.26. The van der Waals surface area contributed by atoms with Gasteiger partial charge in [-0.15, -0.1) is 0 Å². The normalized spacial score (nSPS) is 9.38. The Morgan fingerprint density at radius 1 is 1.23 bits per heavy atom. The predicted molar refractivity (Wildman–Crippen MR) is 47.9 cm³/mol. The van der Waals surface area contributed by atoms with Crippen LogP contribution < -0.4 is 18.9 Å². The molecule has 2 N–H and O–H groups in total. The predicted octanol–water partition coefficient (Wildman–Crippen LogP) is -2.24. The molecule has 0 unspecified atom stereocenters. The first-order chi connectivity index (χ1) is 5.79. The molecule has 64 valence electrons. The molecule has 0 saturated carbocycles. The van der Waals surface area contributed by atoms with E-state index in [4.69, 9.17) is 10.0 Å². The van der Waals surface area contributed by atoms with Crippen molar-refractivity contribution in [3.8, 4) is 0 Å². The minimum Gasteiger partial charge on any atom is -1.00 e. The van der Waals surface area contributed by atoms with Crippen molar-refractivity contribution in [3.63, 3.8) is 0 Å². The summed E-state index contributed by atoms with van der Waals surface area (Å²) in [6, 6.07) is 9.43. The first kappa shape index (κ1) is 12.3. The van der Waals surface area contributed by atoms with Gasteiger partial charge in [0, 0.05) is 0 Å². The maximum Gasteiger partial charge on any atom is 1.00 e. The van der Waals surface area contributed by atoms with Gasteiger partial charge >= 0.3 is 26.2 Å². The Morgan fingerprint density at radius 3 is 2.38 bits per heavy atom. The molecule has 0 aliphatic heterocycles. The van der Waals surface area contributed by atoms with Gasteiger partial charge in [-0.3, -0.25) is 0 Å². The molecule has 1 aromatic carbocycles. The molecule has 0 aromatic heterocycles. The second-order valence-corrected chi connectivity index (χ2v) is 2.18. The Labute approximate surface area is 90.9 Å². The second kappa shape index (κ2) is 6.82. The topological polar surface area (TPSA) is 49.7 Å². The van der Waals surface area contributed by atoms with Crippen LogP contribution in [0.3, 0.4) is 0 Å². The Kier molecular flexibility index (Phi) is 6.47. The number of hydrogen-bond acceptors (Lipinski definition) is 3. The van der Waals surface area contributed by atoms with Crippen LogP contribution in [0.25, 0.3) is 6.08 Å². The minimum absolute atomic E-state index is 0. The fraction of sp³-hybridized carbons (Fsp3) is 0. The molecule has 1 aromatic rings. The van der Waals surface area contributed by atoms with E-state index < -0.39 is 7.32 Å². The molecule has 0 spiro atoms. The van der Waals surface area contributed by atoms with Crippen molar-refractivity contribution in [3.05, 3.63) is 42.2 Å². The molecule has 0 radical (unpaired) electrons. The SMILES string of the molecule is OB(O)OC=Cc1ccccc1.[H-].[Li+]. The molecule has 13 heavy (non-hydrogen) atoms. The second-order valence-electron chi connectivity index (χ2n) is 2.18. The van der Waals surface area contributed by atoms with Crippen molar-refractivity contribution < 1.29 is 35.0 Å². The van der Waals surface area contributed by atoms with Crippen LogP contribution in [-0.2, 0) is 4.65 Å². The molecular formula is C8H10BLiO3. The largest absolute Gasteiger partial charge is 1.00 e. The summed E-state index contributed by atoms with van der Waals surface area (Å²) in [5.41, 5.74) is 0.943. The van der Waals surface area contributed by atoms with Crippen LogP contribution in [0.1, 0.15) is 6.99 Å². The molecule has 1 rings (SSSR count). The summed E-state index contributed by atoms with van der Waals surface area (Å²) < 4.78 is 4.38. The van der Waals surface area contributed by atoms with Gasteiger partial charge in [0.2, 0.25) is 0 Å². The van der Waals surface area contributed by atoms with Crippen LogP contribution >= 0.6 is 0 Å². The van der Waals surface area contributed by atoms with Gasteiger partial charge in [0.05, 0.1) is 6.26 Å². The summed E-state index contributed by atoms with van der Waals surface area (Å²) in [5.74, 6) is 0. The molecule has 0 heterocycles. The summed E-state index contributed by atoms with van der Waals surface area (Å²) in [4.78, 5) is 0. The van der Waals surface area contributed by atoms with Crippen LogP contribution in [-0.4, -0.2) is 17.4 Å². The van der Waals surface area contributed by atoms with Gasteiger partial charge in [-0.2, -0.15) is 0 Å². The zero-order valence-corrected chi connectivity index (χ0v) is 7.42. The standard InChI is InChI=1S/C8H9BO3.Li.H/c10-9(11)12-7-6-8-4-2-1-3-5-8;;/h1-7,10-11H;;/q;+1;-1. The van der Waals surface area contributed by atoms with Gasteiger partial charge in [-0.1, -0.05) is 30.3 Å². The molecule has 0 atom stereocenters. The first-order valence-electron chi connectivity index (χ1n) is 3.52. The van der Waals surface area contributed by atoms with Crippen LogP contribution in [0, 0.1) is 0 Å². The van der Waals surface area contributed by atoms with Gasteiger partial charge in [0.25, 0.3) is 0 Å². The van der Waals surface area contributed by atoms with Gasteiger partial charge in [0.1, 0.15) is 0 Å². The van der Waals surface area contributed by atoms with Crippen molar-refractivity contribution in [1.29, 1.82) is 0 Å². The van der Waals surface area contributed by atoms with Gasteiger partial charge in [0.15, 0.2) is 0 Å². The van der Waals surface area contributed by atoms with E-state index in [-0.39, 0.29) is 20.3 Å². The summed E-state index contributed by atoms with van der Waals surface area (Å²) in [7, 11) is -1.75. The molecule has 0 fully saturated rings. The van der Waals surface area contributed by atoms with Gasteiger partial charge in [-0.25, -0.2) is 0 Å². The zero-order valence-electron chi connectivity index (χ0n) is 8.42. The van der Waals surface area contributed by atoms with E-state index in [1.165, 1.54) is 6.26 Å². The Balaban J connectivity index is 0. The Bertz CT molecular complexity index is 256. The van der Waals surface area contributed by atoms with Gasteiger partial charge < -0.3 is 16.1 Å². The Hall–Kier alpha value is -0.658. The molecule has 5 heteroatoms. The molecule has 0 aliphatic carbocycles. The van der Waals surface area contributed by atoms with Crippen molar-refractivity contribution >= 4 is 13.4 Å². The van der Waals surface area contributed by atoms with Crippen LogP contribution in [0.4, 0.5) is 0 Å². The van der Waals surface area contributed by atoms with E-state index in [1.54, 1.807) is 6.08 Å². The smallest absolute Gasteiger partial charge is 1.00 e. The third kappa shape index (κ3) is 5.56. The van der Waals surface area contributed by atoms with E-state index in [2.05, 4.69) is 4.65 Å². The summed E-state index contributed by atoms with van der Waals surface area (Å²) in [6.07, 6.45) is 2.87. The van der Waals surface area contributed by atoms with Crippen LogP contribution in [0.5, 0.6) is 0 Å². The van der Waals surface area contributed by atoms with E-state index in [1.807, 2.05) is 30.3 Å². The molecule has 0 aliphatic rings. The first-order valence-corrected chi connectivity index (χ1v) is 3.52. The molecule has 3 nitrogen and oxygen atoms in total.